The minimum Gasteiger partial charge on any atom is -0.422 e. The van der Waals surface area contributed by atoms with Crippen LogP contribution in [0.15, 0.2) is 0 Å². The predicted molar refractivity (Wildman–Crippen MR) is 51.8 cm³/mol. The van der Waals surface area contributed by atoms with Crippen LogP contribution in [0, 0.1) is 5.92 Å². The van der Waals surface area contributed by atoms with Crippen LogP contribution in [0.5, 0.6) is 0 Å². The Morgan fingerprint density at radius 3 is 2.13 bits per heavy atom. The SMILES string of the molecule is CC1(C2CCCCC2)OC(=O)CC(=O)O1. The standard InChI is InChI=1S/C11H16O4/c1-11(8-5-3-2-4-6-8)14-9(12)7-10(13)15-11/h8H,2-7H2,1H3. The van der Waals surface area contributed by atoms with Crippen molar-refractivity contribution in [2.45, 2.75) is 51.2 Å². The normalized spacial score (nSPS) is 27.0. The van der Waals surface area contributed by atoms with E-state index in [1.165, 1.54) is 6.42 Å². The van der Waals surface area contributed by atoms with Gasteiger partial charge in [0.2, 0.25) is 0 Å². The lowest BCUT2D eigenvalue weighted by molar-refractivity contribution is -0.257. The fourth-order valence-electron chi connectivity index (χ4n) is 2.46. The van der Waals surface area contributed by atoms with E-state index in [-0.39, 0.29) is 12.3 Å². The van der Waals surface area contributed by atoms with Crippen LogP contribution in [-0.2, 0) is 19.1 Å². The van der Waals surface area contributed by atoms with E-state index in [1.807, 2.05) is 0 Å². The Hall–Kier alpha value is -1.06. The second-order valence-electron chi connectivity index (χ2n) is 4.48. The lowest BCUT2D eigenvalue weighted by Gasteiger charge is -2.40. The molecular weight excluding hydrogens is 196 g/mol. The molecule has 4 nitrogen and oxygen atoms in total. The predicted octanol–water partition coefficient (Wildman–Crippen LogP) is 1.77. The summed E-state index contributed by atoms with van der Waals surface area (Å²) in [5.74, 6) is -1.76. The van der Waals surface area contributed by atoms with Crippen molar-refractivity contribution >= 4 is 11.9 Å². The molecule has 0 radical (unpaired) electrons. The van der Waals surface area contributed by atoms with Crippen molar-refractivity contribution in [3.05, 3.63) is 0 Å². The van der Waals surface area contributed by atoms with Crippen LogP contribution in [0.2, 0.25) is 0 Å². The molecule has 0 aromatic rings. The highest BCUT2D eigenvalue weighted by molar-refractivity contribution is 5.93. The van der Waals surface area contributed by atoms with Crippen LogP contribution < -0.4 is 0 Å². The van der Waals surface area contributed by atoms with E-state index < -0.39 is 17.7 Å². The first kappa shape index (κ1) is 10.5. The number of esters is 2. The van der Waals surface area contributed by atoms with Gasteiger partial charge < -0.3 is 9.47 Å². The summed E-state index contributed by atoms with van der Waals surface area (Å²) in [4.78, 5) is 22.4. The molecule has 1 heterocycles. The van der Waals surface area contributed by atoms with E-state index in [1.54, 1.807) is 6.92 Å². The smallest absolute Gasteiger partial charge is 0.320 e. The van der Waals surface area contributed by atoms with Gasteiger partial charge >= 0.3 is 11.9 Å². The van der Waals surface area contributed by atoms with Gasteiger partial charge in [-0.3, -0.25) is 9.59 Å². The molecule has 0 unspecified atom stereocenters. The lowest BCUT2D eigenvalue weighted by atomic mass is 9.83. The number of rotatable bonds is 1. The molecule has 4 heteroatoms. The van der Waals surface area contributed by atoms with Gasteiger partial charge in [-0.25, -0.2) is 0 Å². The molecule has 1 aliphatic heterocycles. The van der Waals surface area contributed by atoms with Gasteiger partial charge in [0.1, 0.15) is 6.42 Å². The quantitative estimate of drug-likeness (QED) is 0.491. The highest BCUT2D eigenvalue weighted by Gasteiger charge is 2.45. The van der Waals surface area contributed by atoms with Crippen LogP contribution >= 0.6 is 0 Å². The van der Waals surface area contributed by atoms with Crippen LogP contribution in [0.25, 0.3) is 0 Å². The fraction of sp³-hybridized carbons (Fsp3) is 0.818. The molecule has 0 spiro atoms. The van der Waals surface area contributed by atoms with Gasteiger partial charge in [0.25, 0.3) is 5.79 Å². The van der Waals surface area contributed by atoms with Gasteiger partial charge in [0, 0.05) is 12.8 Å². The largest absolute Gasteiger partial charge is 0.422 e. The Balaban J connectivity index is 2.09. The number of cyclic esters (lactones) is 2. The molecule has 15 heavy (non-hydrogen) atoms. The monoisotopic (exact) mass is 212 g/mol. The van der Waals surface area contributed by atoms with Gasteiger partial charge in [-0.15, -0.1) is 0 Å². The van der Waals surface area contributed by atoms with E-state index in [9.17, 15) is 9.59 Å². The van der Waals surface area contributed by atoms with Gasteiger partial charge in [-0.2, -0.15) is 0 Å². The van der Waals surface area contributed by atoms with Crippen molar-refractivity contribution in [1.29, 1.82) is 0 Å². The van der Waals surface area contributed by atoms with Crippen LogP contribution in [0.4, 0.5) is 0 Å². The van der Waals surface area contributed by atoms with Crippen molar-refractivity contribution in [3.8, 4) is 0 Å². The zero-order valence-corrected chi connectivity index (χ0v) is 8.95. The molecule has 2 rings (SSSR count). The third-order valence-electron chi connectivity index (χ3n) is 3.27. The Labute approximate surface area is 88.9 Å². The minimum absolute atomic E-state index is 0.166. The molecule has 84 valence electrons. The molecule has 0 N–H and O–H groups in total. The molecule has 0 aromatic heterocycles. The van der Waals surface area contributed by atoms with Crippen LogP contribution in [-0.4, -0.2) is 17.7 Å². The molecule has 2 aliphatic rings. The highest BCUT2D eigenvalue weighted by atomic mass is 16.7. The van der Waals surface area contributed by atoms with Gasteiger partial charge in [0.15, 0.2) is 0 Å². The number of carbonyl (C=O) groups excluding carboxylic acids is 2. The fourth-order valence-corrected chi connectivity index (χ4v) is 2.46. The summed E-state index contributed by atoms with van der Waals surface area (Å²) in [5.41, 5.74) is 0. The maximum atomic E-state index is 11.2. The Kier molecular flexibility index (Phi) is 2.67. The summed E-state index contributed by atoms with van der Waals surface area (Å²) in [5, 5.41) is 0. The van der Waals surface area contributed by atoms with E-state index in [2.05, 4.69) is 0 Å². The summed E-state index contributed by atoms with van der Waals surface area (Å²) in [6, 6.07) is 0. The third-order valence-corrected chi connectivity index (χ3v) is 3.27. The Morgan fingerprint density at radius 1 is 1.07 bits per heavy atom. The van der Waals surface area contributed by atoms with E-state index >= 15 is 0 Å². The first-order chi connectivity index (χ1) is 7.10. The zero-order valence-electron chi connectivity index (χ0n) is 8.95. The van der Waals surface area contributed by atoms with Gasteiger partial charge in [0.05, 0.1) is 0 Å². The van der Waals surface area contributed by atoms with Crippen molar-refractivity contribution in [2.24, 2.45) is 5.92 Å². The maximum Gasteiger partial charge on any atom is 0.320 e. The van der Waals surface area contributed by atoms with Gasteiger partial charge in [-0.1, -0.05) is 19.3 Å². The van der Waals surface area contributed by atoms with Crippen LogP contribution in [0.3, 0.4) is 0 Å². The first-order valence-corrected chi connectivity index (χ1v) is 5.54. The highest BCUT2D eigenvalue weighted by Crippen LogP contribution is 2.37. The van der Waals surface area contributed by atoms with Crippen molar-refractivity contribution in [3.63, 3.8) is 0 Å². The molecule has 0 bridgehead atoms. The van der Waals surface area contributed by atoms with Crippen molar-refractivity contribution < 1.29 is 19.1 Å². The maximum absolute atomic E-state index is 11.2. The number of ether oxygens (including phenoxy) is 2. The number of hydrogen-bond donors (Lipinski definition) is 0. The molecule has 1 saturated heterocycles. The molecular formula is C11H16O4. The molecule has 1 aliphatic carbocycles. The van der Waals surface area contributed by atoms with Crippen molar-refractivity contribution in [1.82, 2.24) is 0 Å². The molecule has 0 atom stereocenters. The Bertz CT molecular complexity index is 262. The van der Waals surface area contributed by atoms with Crippen molar-refractivity contribution in [2.75, 3.05) is 0 Å². The van der Waals surface area contributed by atoms with Crippen LogP contribution in [0.1, 0.15) is 45.4 Å². The molecule has 2 fully saturated rings. The summed E-state index contributed by atoms with van der Waals surface area (Å²) in [6.45, 7) is 1.71. The van der Waals surface area contributed by atoms with E-state index in [0.717, 1.165) is 25.7 Å². The Morgan fingerprint density at radius 2 is 1.60 bits per heavy atom. The number of hydrogen-bond acceptors (Lipinski definition) is 4. The lowest BCUT2D eigenvalue weighted by Crippen LogP contribution is -2.48. The van der Waals surface area contributed by atoms with E-state index in [0.29, 0.717) is 0 Å². The summed E-state index contributed by atoms with van der Waals surface area (Å²) in [7, 11) is 0. The molecule has 0 aromatic carbocycles. The number of carbonyl (C=O) groups is 2. The second-order valence-corrected chi connectivity index (χ2v) is 4.48. The van der Waals surface area contributed by atoms with E-state index in [4.69, 9.17) is 9.47 Å². The molecule has 1 saturated carbocycles. The summed E-state index contributed by atoms with van der Waals surface area (Å²) in [6.07, 6.45) is 5.15. The average molecular weight is 212 g/mol. The summed E-state index contributed by atoms with van der Waals surface area (Å²) < 4.78 is 10.4. The average Bonchev–Trinajstić information content (AvgIpc) is 2.17. The molecule has 0 amide bonds. The first-order valence-electron chi connectivity index (χ1n) is 5.54. The minimum atomic E-state index is -1.01. The second kappa shape index (κ2) is 3.83. The third kappa shape index (κ3) is 2.13. The van der Waals surface area contributed by atoms with Gasteiger partial charge in [-0.05, 0) is 12.8 Å². The summed E-state index contributed by atoms with van der Waals surface area (Å²) >= 11 is 0. The zero-order chi connectivity index (χ0) is 10.9. The topological polar surface area (TPSA) is 52.6 Å².